The average Bonchev–Trinajstić information content (AvgIpc) is 3.45. The number of likely N-dealkylation sites (tertiary alicyclic amines) is 2. The number of benzene rings is 1. The molecule has 3 saturated heterocycles. The minimum atomic E-state index is 0.0319. The van der Waals surface area contributed by atoms with Crippen LogP contribution in [0, 0.1) is 11.8 Å². The van der Waals surface area contributed by atoms with Crippen molar-refractivity contribution in [3.8, 4) is 0 Å². The largest absolute Gasteiger partial charge is 0.355 e. The second kappa shape index (κ2) is 7.51. The lowest BCUT2D eigenvalue weighted by Gasteiger charge is -2.21. The molecule has 6 nitrogen and oxygen atoms in total. The van der Waals surface area contributed by atoms with Gasteiger partial charge in [-0.25, -0.2) is 0 Å². The lowest BCUT2D eigenvalue weighted by Crippen LogP contribution is -2.33. The molecule has 0 bridgehead atoms. The number of carbonyl (C=O) groups is 1. The second-order valence-corrected chi connectivity index (χ2v) is 8.38. The Morgan fingerprint density at radius 3 is 2.25 bits per heavy atom. The van der Waals surface area contributed by atoms with Crippen LogP contribution >= 0.6 is 0 Å². The molecule has 28 heavy (non-hydrogen) atoms. The molecule has 0 radical (unpaired) electrons. The Kier molecular flexibility index (Phi) is 4.72. The minimum Gasteiger partial charge on any atom is -0.355 e. The molecule has 2 atom stereocenters. The first-order valence-corrected chi connectivity index (χ1v) is 10.4. The van der Waals surface area contributed by atoms with E-state index in [1.54, 1.807) is 0 Å². The lowest BCUT2D eigenvalue weighted by atomic mass is 10.0. The highest BCUT2D eigenvalue weighted by atomic mass is 16.2. The number of amides is 1. The summed E-state index contributed by atoms with van der Waals surface area (Å²) in [5.41, 5.74) is 1.84. The molecule has 0 aliphatic carbocycles. The van der Waals surface area contributed by atoms with E-state index in [2.05, 4.69) is 50.3 Å². The molecule has 1 aromatic carbocycles. The van der Waals surface area contributed by atoms with Crippen LogP contribution in [0.15, 0.2) is 42.5 Å². The van der Waals surface area contributed by atoms with Gasteiger partial charge in [0.2, 0.25) is 0 Å². The van der Waals surface area contributed by atoms with Gasteiger partial charge in [-0.1, -0.05) is 30.3 Å². The van der Waals surface area contributed by atoms with Gasteiger partial charge in [0.25, 0.3) is 5.91 Å². The van der Waals surface area contributed by atoms with Crippen LogP contribution in [0.4, 0.5) is 5.82 Å². The summed E-state index contributed by atoms with van der Waals surface area (Å²) >= 11 is 0. The first kappa shape index (κ1) is 17.6. The molecule has 0 unspecified atom stereocenters. The Labute approximate surface area is 166 Å². The number of carbonyl (C=O) groups excluding carboxylic acids is 1. The number of hydrogen-bond donors (Lipinski definition) is 0. The monoisotopic (exact) mass is 377 g/mol. The van der Waals surface area contributed by atoms with Crippen LogP contribution in [-0.2, 0) is 6.54 Å². The number of hydrogen-bond acceptors (Lipinski definition) is 5. The highest BCUT2D eigenvalue weighted by Gasteiger charge is 2.41. The fourth-order valence-corrected chi connectivity index (χ4v) is 4.94. The van der Waals surface area contributed by atoms with Gasteiger partial charge in [0.15, 0.2) is 11.5 Å². The molecule has 0 N–H and O–H groups in total. The second-order valence-electron chi connectivity index (χ2n) is 8.38. The molecular formula is C22H27N5O. The normalized spacial score (nSPS) is 24.7. The van der Waals surface area contributed by atoms with Crippen LogP contribution in [0.3, 0.4) is 0 Å². The smallest absolute Gasteiger partial charge is 0.274 e. The van der Waals surface area contributed by atoms with Gasteiger partial charge in [0.05, 0.1) is 0 Å². The zero-order valence-electron chi connectivity index (χ0n) is 16.2. The molecule has 5 rings (SSSR count). The first-order chi connectivity index (χ1) is 13.8. The van der Waals surface area contributed by atoms with Crippen molar-refractivity contribution in [2.75, 3.05) is 44.2 Å². The number of nitrogens with zero attached hydrogens (tertiary/aromatic N) is 5. The van der Waals surface area contributed by atoms with Gasteiger partial charge in [-0.2, -0.15) is 0 Å². The Bertz CT molecular complexity index is 805. The summed E-state index contributed by atoms with van der Waals surface area (Å²) in [5.74, 6) is 2.07. The zero-order chi connectivity index (χ0) is 18.9. The van der Waals surface area contributed by atoms with Crippen molar-refractivity contribution in [1.82, 2.24) is 20.0 Å². The maximum absolute atomic E-state index is 12.9. The van der Waals surface area contributed by atoms with Gasteiger partial charge < -0.3 is 9.80 Å². The molecule has 4 heterocycles. The van der Waals surface area contributed by atoms with E-state index in [4.69, 9.17) is 0 Å². The number of aromatic nitrogens is 2. The van der Waals surface area contributed by atoms with Crippen molar-refractivity contribution in [3.05, 3.63) is 53.7 Å². The van der Waals surface area contributed by atoms with E-state index in [1.165, 1.54) is 18.4 Å². The molecule has 1 aromatic heterocycles. The molecule has 0 saturated carbocycles. The molecule has 2 aromatic rings. The van der Waals surface area contributed by atoms with Crippen LogP contribution in [0.5, 0.6) is 0 Å². The molecule has 0 spiro atoms. The Morgan fingerprint density at radius 2 is 1.61 bits per heavy atom. The summed E-state index contributed by atoms with van der Waals surface area (Å²) in [6.07, 6.45) is 2.42. The van der Waals surface area contributed by atoms with Gasteiger partial charge in [-0.3, -0.25) is 9.69 Å². The quantitative estimate of drug-likeness (QED) is 0.818. The van der Waals surface area contributed by atoms with Crippen molar-refractivity contribution < 1.29 is 4.79 Å². The standard InChI is InChI=1S/C22H27N5O/c28-22(20-8-9-21(24-23-20)26-10-4-5-11-26)27-15-18-13-25(14-19(18)16-27)12-17-6-2-1-3-7-17/h1-3,6-9,18-19H,4-5,10-16H2/t18-,19+. The number of anilines is 1. The average molecular weight is 377 g/mol. The van der Waals surface area contributed by atoms with Crippen molar-refractivity contribution in [1.29, 1.82) is 0 Å². The molecular weight excluding hydrogens is 350 g/mol. The predicted molar refractivity (Wildman–Crippen MR) is 108 cm³/mol. The van der Waals surface area contributed by atoms with E-state index in [0.717, 1.165) is 51.6 Å². The lowest BCUT2D eigenvalue weighted by molar-refractivity contribution is 0.0766. The van der Waals surface area contributed by atoms with E-state index in [0.29, 0.717) is 17.5 Å². The van der Waals surface area contributed by atoms with E-state index < -0.39 is 0 Å². The van der Waals surface area contributed by atoms with Crippen molar-refractivity contribution in [2.24, 2.45) is 11.8 Å². The van der Waals surface area contributed by atoms with Gasteiger partial charge in [0, 0.05) is 45.8 Å². The Hall–Kier alpha value is -2.47. The van der Waals surface area contributed by atoms with Crippen LogP contribution in [0.2, 0.25) is 0 Å². The van der Waals surface area contributed by atoms with Gasteiger partial charge in [-0.15, -0.1) is 10.2 Å². The maximum Gasteiger partial charge on any atom is 0.274 e. The Morgan fingerprint density at radius 1 is 0.893 bits per heavy atom. The third-order valence-electron chi connectivity index (χ3n) is 6.40. The fourth-order valence-electron chi connectivity index (χ4n) is 4.94. The molecule has 146 valence electrons. The van der Waals surface area contributed by atoms with E-state index in [-0.39, 0.29) is 5.91 Å². The Balaban J connectivity index is 1.17. The molecule has 1 amide bonds. The van der Waals surface area contributed by atoms with E-state index in [1.807, 2.05) is 17.0 Å². The summed E-state index contributed by atoms with van der Waals surface area (Å²) in [4.78, 5) is 19.6. The minimum absolute atomic E-state index is 0.0319. The summed E-state index contributed by atoms with van der Waals surface area (Å²) in [7, 11) is 0. The van der Waals surface area contributed by atoms with Crippen molar-refractivity contribution >= 4 is 11.7 Å². The van der Waals surface area contributed by atoms with Gasteiger partial charge >= 0.3 is 0 Å². The molecule has 3 aliphatic rings. The third kappa shape index (κ3) is 3.49. The van der Waals surface area contributed by atoms with Gasteiger partial charge in [-0.05, 0) is 42.4 Å². The first-order valence-electron chi connectivity index (χ1n) is 10.4. The van der Waals surface area contributed by atoms with Crippen molar-refractivity contribution in [3.63, 3.8) is 0 Å². The zero-order valence-corrected chi connectivity index (χ0v) is 16.2. The SMILES string of the molecule is O=C(c1ccc(N2CCCC2)nn1)N1C[C@H]2CN(Cc3ccccc3)C[C@H]2C1. The molecule has 3 aliphatic heterocycles. The molecule has 6 heteroatoms. The van der Waals surface area contributed by atoms with E-state index in [9.17, 15) is 4.79 Å². The van der Waals surface area contributed by atoms with Crippen LogP contribution in [0.1, 0.15) is 28.9 Å². The highest BCUT2D eigenvalue weighted by Crippen LogP contribution is 2.32. The summed E-state index contributed by atoms with van der Waals surface area (Å²) in [6.45, 7) is 6.90. The predicted octanol–water partition coefficient (Wildman–Crippen LogP) is 2.28. The fraction of sp³-hybridized carbons (Fsp3) is 0.500. The van der Waals surface area contributed by atoms with E-state index >= 15 is 0 Å². The number of rotatable bonds is 4. The number of fused-ring (bicyclic) bond motifs is 1. The molecule has 3 fully saturated rings. The van der Waals surface area contributed by atoms with Crippen molar-refractivity contribution in [2.45, 2.75) is 19.4 Å². The maximum atomic E-state index is 12.9. The van der Waals surface area contributed by atoms with Crippen LogP contribution < -0.4 is 4.90 Å². The summed E-state index contributed by atoms with van der Waals surface area (Å²) in [6, 6.07) is 14.4. The summed E-state index contributed by atoms with van der Waals surface area (Å²) < 4.78 is 0. The van der Waals surface area contributed by atoms with Gasteiger partial charge in [0.1, 0.15) is 0 Å². The van der Waals surface area contributed by atoms with Crippen LogP contribution in [-0.4, -0.2) is 65.2 Å². The van der Waals surface area contributed by atoms with Crippen LogP contribution in [0.25, 0.3) is 0 Å². The highest BCUT2D eigenvalue weighted by molar-refractivity contribution is 5.92. The third-order valence-corrected chi connectivity index (χ3v) is 6.40. The topological polar surface area (TPSA) is 52.6 Å². The summed E-state index contributed by atoms with van der Waals surface area (Å²) in [5, 5.41) is 8.54.